The van der Waals surface area contributed by atoms with Crippen LogP contribution in [0.15, 0.2) is 0 Å². The number of nitrogens with zero attached hydrogens (tertiary/aromatic N) is 2. The highest BCUT2D eigenvalue weighted by Gasteiger charge is 2.22. The molecule has 0 radical (unpaired) electrons. The van der Waals surface area contributed by atoms with Gasteiger partial charge in [-0.2, -0.15) is 0 Å². The van der Waals surface area contributed by atoms with Crippen LogP contribution in [0.2, 0.25) is 0 Å². The van der Waals surface area contributed by atoms with Crippen LogP contribution in [0.4, 0.5) is 0 Å². The number of likely N-dealkylation sites (tertiary alicyclic amines) is 1. The Kier molecular flexibility index (Phi) is 5.21. The Morgan fingerprint density at radius 3 is 2.50 bits per heavy atom. The number of thiazole rings is 1. The Morgan fingerprint density at radius 2 is 1.95 bits per heavy atom. The monoisotopic (exact) mass is 295 g/mol. The molecule has 1 aliphatic heterocycles. The smallest absolute Gasteiger partial charge is 0.0985 e. The lowest BCUT2D eigenvalue weighted by molar-refractivity contribution is 0.330. The Labute approximate surface area is 127 Å². The zero-order valence-electron chi connectivity index (χ0n) is 13.6. The molecule has 20 heavy (non-hydrogen) atoms. The third-order valence-corrected chi connectivity index (χ3v) is 5.71. The average molecular weight is 295 g/mol. The lowest BCUT2D eigenvalue weighted by Gasteiger charge is -2.18. The molecule has 1 aliphatic rings. The summed E-state index contributed by atoms with van der Waals surface area (Å²) in [6.07, 6.45) is 2.75. The zero-order valence-corrected chi connectivity index (χ0v) is 14.4. The maximum atomic E-state index is 4.76. The van der Waals surface area contributed by atoms with Crippen LogP contribution in [0.5, 0.6) is 0 Å². The maximum absolute atomic E-state index is 4.76. The van der Waals surface area contributed by atoms with Gasteiger partial charge in [0.15, 0.2) is 0 Å². The van der Waals surface area contributed by atoms with Crippen molar-refractivity contribution in [1.29, 1.82) is 0 Å². The third kappa shape index (κ3) is 4.03. The molecule has 1 aromatic rings. The summed E-state index contributed by atoms with van der Waals surface area (Å²) in [4.78, 5) is 8.71. The number of nitrogens with one attached hydrogen (secondary N) is 1. The molecule has 2 heterocycles. The van der Waals surface area contributed by atoms with Crippen LogP contribution in [0.25, 0.3) is 0 Å². The van der Waals surface area contributed by atoms with Gasteiger partial charge >= 0.3 is 0 Å². The van der Waals surface area contributed by atoms with E-state index in [9.17, 15) is 0 Å². The SMILES string of the molecule is Cc1nc(C(C)(C)C)sc1C(C)NCCN1CCCC1. The fraction of sp³-hybridized carbons (Fsp3) is 0.812. The van der Waals surface area contributed by atoms with Gasteiger partial charge in [0.05, 0.1) is 10.7 Å². The first-order chi connectivity index (χ1) is 9.38. The van der Waals surface area contributed by atoms with E-state index in [1.165, 1.54) is 48.1 Å². The molecule has 1 fully saturated rings. The van der Waals surface area contributed by atoms with E-state index in [-0.39, 0.29) is 5.41 Å². The molecule has 3 nitrogen and oxygen atoms in total. The molecule has 1 N–H and O–H groups in total. The molecule has 0 aliphatic carbocycles. The fourth-order valence-electron chi connectivity index (χ4n) is 2.67. The Bertz CT molecular complexity index is 427. The molecular formula is C16H29N3S. The van der Waals surface area contributed by atoms with E-state index in [2.05, 4.69) is 44.8 Å². The topological polar surface area (TPSA) is 28.2 Å². The second-order valence-corrected chi connectivity index (χ2v) is 7.97. The van der Waals surface area contributed by atoms with Crippen LogP contribution >= 0.6 is 11.3 Å². The highest BCUT2D eigenvalue weighted by Crippen LogP contribution is 2.32. The first-order valence-corrected chi connectivity index (χ1v) is 8.63. The van der Waals surface area contributed by atoms with Gasteiger partial charge in [-0.1, -0.05) is 20.8 Å². The van der Waals surface area contributed by atoms with Crippen molar-refractivity contribution in [2.75, 3.05) is 26.2 Å². The summed E-state index contributed by atoms with van der Waals surface area (Å²) in [5.41, 5.74) is 1.35. The molecule has 4 heteroatoms. The van der Waals surface area contributed by atoms with Gasteiger partial charge in [0, 0.05) is 29.4 Å². The molecule has 0 amide bonds. The third-order valence-electron chi connectivity index (χ3n) is 3.94. The van der Waals surface area contributed by atoms with Gasteiger partial charge in [-0.25, -0.2) is 4.98 Å². The van der Waals surface area contributed by atoms with Crippen molar-refractivity contribution in [3.05, 3.63) is 15.6 Å². The Hall–Kier alpha value is -0.450. The van der Waals surface area contributed by atoms with Gasteiger partial charge in [0.1, 0.15) is 0 Å². The summed E-state index contributed by atoms with van der Waals surface area (Å²) < 4.78 is 0. The van der Waals surface area contributed by atoms with Crippen molar-refractivity contribution < 1.29 is 0 Å². The standard InChI is InChI=1S/C16H29N3S/c1-12(17-8-11-19-9-6-7-10-19)14-13(2)18-15(20-14)16(3,4)5/h12,17H,6-11H2,1-5H3. The van der Waals surface area contributed by atoms with Crippen LogP contribution in [0.3, 0.4) is 0 Å². The number of aryl methyl sites for hydroxylation is 1. The summed E-state index contributed by atoms with van der Waals surface area (Å²) >= 11 is 1.87. The normalized spacial score (nSPS) is 18.6. The molecule has 114 valence electrons. The molecule has 1 aromatic heterocycles. The minimum atomic E-state index is 0.156. The summed E-state index contributed by atoms with van der Waals surface area (Å²) in [6.45, 7) is 15.9. The number of rotatable bonds is 5. The van der Waals surface area contributed by atoms with Crippen LogP contribution in [-0.4, -0.2) is 36.1 Å². The Morgan fingerprint density at radius 1 is 1.30 bits per heavy atom. The van der Waals surface area contributed by atoms with E-state index in [4.69, 9.17) is 4.98 Å². The number of hydrogen-bond acceptors (Lipinski definition) is 4. The number of hydrogen-bond donors (Lipinski definition) is 1. The van der Waals surface area contributed by atoms with Gasteiger partial charge in [0.25, 0.3) is 0 Å². The molecular weight excluding hydrogens is 266 g/mol. The van der Waals surface area contributed by atoms with Crippen molar-refractivity contribution in [3.63, 3.8) is 0 Å². The van der Waals surface area contributed by atoms with Crippen LogP contribution in [-0.2, 0) is 5.41 Å². The molecule has 2 rings (SSSR count). The average Bonchev–Trinajstić information content (AvgIpc) is 2.97. The van der Waals surface area contributed by atoms with Gasteiger partial charge in [0.2, 0.25) is 0 Å². The van der Waals surface area contributed by atoms with Gasteiger partial charge in [-0.05, 0) is 39.8 Å². The van der Waals surface area contributed by atoms with Crippen molar-refractivity contribution in [2.24, 2.45) is 0 Å². The minimum absolute atomic E-state index is 0.156. The maximum Gasteiger partial charge on any atom is 0.0985 e. The number of aromatic nitrogens is 1. The molecule has 1 atom stereocenters. The van der Waals surface area contributed by atoms with Crippen molar-refractivity contribution >= 4 is 11.3 Å². The van der Waals surface area contributed by atoms with E-state index in [1.54, 1.807) is 0 Å². The van der Waals surface area contributed by atoms with Gasteiger partial charge in [-0.15, -0.1) is 11.3 Å². The predicted octanol–water partition coefficient (Wildman–Crippen LogP) is 3.50. The van der Waals surface area contributed by atoms with Crippen molar-refractivity contribution in [3.8, 4) is 0 Å². The molecule has 0 bridgehead atoms. The van der Waals surface area contributed by atoms with E-state index < -0.39 is 0 Å². The first kappa shape index (κ1) is 15.9. The first-order valence-electron chi connectivity index (χ1n) is 7.81. The highest BCUT2D eigenvalue weighted by molar-refractivity contribution is 7.12. The highest BCUT2D eigenvalue weighted by atomic mass is 32.1. The summed E-state index contributed by atoms with van der Waals surface area (Å²) in [5, 5.41) is 4.91. The lowest BCUT2D eigenvalue weighted by Crippen LogP contribution is -2.31. The van der Waals surface area contributed by atoms with Crippen molar-refractivity contribution in [2.45, 2.75) is 58.9 Å². The van der Waals surface area contributed by atoms with E-state index in [1.807, 2.05) is 11.3 Å². The minimum Gasteiger partial charge on any atom is -0.308 e. The van der Waals surface area contributed by atoms with E-state index in [0.717, 1.165) is 6.54 Å². The predicted molar refractivity (Wildman–Crippen MR) is 87.6 cm³/mol. The second kappa shape index (κ2) is 6.54. The lowest BCUT2D eigenvalue weighted by atomic mass is 9.98. The van der Waals surface area contributed by atoms with Crippen LogP contribution < -0.4 is 5.32 Å². The van der Waals surface area contributed by atoms with Crippen LogP contribution in [0, 0.1) is 6.92 Å². The van der Waals surface area contributed by atoms with Crippen molar-refractivity contribution in [1.82, 2.24) is 15.2 Å². The quantitative estimate of drug-likeness (QED) is 0.901. The fourth-order valence-corrected chi connectivity index (χ4v) is 3.82. The molecule has 1 unspecified atom stereocenters. The molecule has 0 saturated carbocycles. The Balaban J connectivity index is 1.88. The van der Waals surface area contributed by atoms with E-state index in [0.29, 0.717) is 6.04 Å². The zero-order chi connectivity index (χ0) is 14.8. The van der Waals surface area contributed by atoms with Gasteiger partial charge < -0.3 is 10.2 Å². The summed E-state index contributed by atoms with van der Waals surface area (Å²) in [7, 11) is 0. The van der Waals surface area contributed by atoms with Crippen LogP contribution in [0.1, 0.15) is 62.2 Å². The summed E-state index contributed by atoms with van der Waals surface area (Å²) in [6, 6.07) is 0.409. The second-order valence-electron chi connectivity index (χ2n) is 6.94. The largest absolute Gasteiger partial charge is 0.308 e. The molecule has 1 saturated heterocycles. The molecule has 0 spiro atoms. The summed E-state index contributed by atoms with van der Waals surface area (Å²) in [5.74, 6) is 0. The van der Waals surface area contributed by atoms with Gasteiger partial charge in [-0.3, -0.25) is 0 Å². The molecule has 0 aromatic carbocycles. The van der Waals surface area contributed by atoms with E-state index >= 15 is 0 Å².